The Balaban J connectivity index is 0.000000158. The normalized spacial score (nSPS) is 34.6. The van der Waals surface area contributed by atoms with Gasteiger partial charge in [0.15, 0.2) is 0 Å². The van der Waals surface area contributed by atoms with Crippen molar-refractivity contribution in [3.8, 4) is 0 Å². The van der Waals surface area contributed by atoms with Gasteiger partial charge in [-0.05, 0) is 298 Å². The van der Waals surface area contributed by atoms with E-state index in [1.807, 2.05) is 0 Å². The van der Waals surface area contributed by atoms with E-state index in [1.165, 1.54) is 110 Å². The molecule has 107 heavy (non-hydrogen) atoms. The molecule has 0 amide bonds. The highest BCUT2D eigenvalue weighted by molar-refractivity contribution is 5.10. The summed E-state index contributed by atoms with van der Waals surface area (Å²) in [5.41, 5.74) is 46.3. The van der Waals surface area contributed by atoms with Gasteiger partial charge in [0, 0.05) is 157 Å². The summed E-state index contributed by atoms with van der Waals surface area (Å²) in [6.45, 7) is 73.1. The first-order valence-electron chi connectivity index (χ1n) is 44.0. The molecular formula is C87H174N14O6. The molecule has 13 aliphatic heterocycles. The van der Waals surface area contributed by atoms with Crippen molar-refractivity contribution in [1.82, 2.24) is 34.3 Å². The zero-order valence-electron chi connectivity index (χ0n) is 73.7. The average molecular weight is 1510 g/mol. The van der Waals surface area contributed by atoms with E-state index in [0.29, 0.717) is 47.2 Å². The molecule has 628 valence electrons. The molecule has 0 aromatic rings. The van der Waals surface area contributed by atoms with E-state index in [1.54, 1.807) is 0 Å². The molecule has 1 saturated carbocycles. The van der Waals surface area contributed by atoms with Crippen LogP contribution in [-0.2, 0) is 28.4 Å². The number of ether oxygens (including phenoxy) is 6. The summed E-state index contributed by atoms with van der Waals surface area (Å²) >= 11 is 0. The molecule has 7 spiro atoms. The van der Waals surface area contributed by atoms with Crippen LogP contribution in [0.1, 0.15) is 275 Å². The first kappa shape index (κ1) is 91.7. The maximum absolute atomic E-state index is 6.40. The van der Waals surface area contributed by atoms with E-state index >= 15 is 0 Å². The van der Waals surface area contributed by atoms with Crippen molar-refractivity contribution in [2.24, 2.45) is 72.6 Å². The highest BCUT2D eigenvalue weighted by Gasteiger charge is 2.56. The molecule has 0 aromatic heterocycles. The highest BCUT2D eigenvalue weighted by Crippen LogP contribution is 2.50. The van der Waals surface area contributed by atoms with Crippen LogP contribution in [0, 0.1) is 32.5 Å². The minimum Gasteiger partial charge on any atom is -0.376 e. The van der Waals surface area contributed by atoms with Crippen LogP contribution in [0.25, 0.3) is 0 Å². The Morgan fingerprint density at radius 2 is 0.570 bits per heavy atom. The lowest BCUT2D eigenvalue weighted by atomic mass is 9.73. The smallest absolute Gasteiger partial charge is 0.0863 e. The number of piperidine rings is 7. The number of nitrogens with two attached hydrogens (primary N) is 7. The van der Waals surface area contributed by atoms with Gasteiger partial charge in [-0.2, -0.15) is 0 Å². The van der Waals surface area contributed by atoms with Gasteiger partial charge in [-0.1, -0.05) is 34.1 Å². The number of hydrogen-bond donors (Lipinski definition) is 7. The van der Waals surface area contributed by atoms with Crippen LogP contribution in [0.3, 0.4) is 0 Å². The van der Waals surface area contributed by atoms with Crippen LogP contribution >= 0.6 is 0 Å². The number of hydrogen-bond acceptors (Lipinski definition) is 20. The molecule has 10 atom stereocenters. The minimum absolute atomic E-state index is 0.0328. The lowest BCUT2D eigenvalue weighted by molar-refractivity contribution is -0.0558. The first-order chi connectivity index (χ1) is 49.8. The second-order valence-corrected chi connectivity index (χ2v) is 42.0. The molecule has 0 unspecified atom stereocenters. The van der Waals surface area contributed by atoms with Gasteiger partial charge in [0.25, 0.3) is 0 Å². The summed E-state index contributed by atoms with van der Waals surface area (Å²) in [6.07, 6.45) is 22.2. The van der Waals surface area contributed by atoms with Crippen molar-refractivity contribution >= 4 is 0 Å². The lowest BCUT2D eigenvalue weighted by Crippen LogP contribution is -2.56. The van der Waals surface area contributed by atoms with Crippen molar-refractivity contribution in [1.29, 1.82) is 0 Å². The fourth-order valence-electron chi connectivity index (χ4n) is 21.3. The Morgan fingerprint density at radius 1 is 0.308 bits per heavy atom. The second-order valence-electron chi connectivity index (χ2n) is 42.0. The van der Waals surface area contributed by atoms with Gasteiger partial charge in [-0.25, -0.2) is 0 Å². The first-order valence-corrected chi connectivity index (χ1v) is 44.0. The maximum atomic E-state index is 6.40. The van der Waals surface area contributed by atoms with E-state index in [0.717, 1.165) is 137 Å². The zero-order chi connectivity index (χ0) is 79.3. The molecule has 14 aliphatic rings. The monoisotopic (exact) mass is 1510 g/mol. The van der Waals surface area contributed by atoms with Gasteiger partial charge in [0.1, 0.15) is 0 Å². The summed E-state index contributed by atoms with van der Waals surface area (Å²) in [4.78, 5) is 17.8. The summed E-state index contributed by atoms with van der Waals surface area (Å²) in [7, 11) is 0. The van der Waals surface area contributed by atoms with Crippen LogP contribution in [-0.4, -0.2) is 284 Å². The van der Waals surface area contributed by atoms with Gasteiger partial charge in [-0.3, -0.25) is 9.80 Å². The number of rotatable bonds is 5. The standard InChI is InChI=1S/3C13H26N2O.C13H26N2.2C12H24N2O.C11H22N2O/c1-10-11(14)13(9-16-10)5-7-15(8-6-13)12(2,3)4;2*1-10(2)15-7-5-13(6-8-15)11(14)12(3,4)9-16-13;1-12(2,3)15-9-7-13(8-10-15)6-4-5-11(13)14;2*1-9(2)14-6-4-12(5-7-14)8-15-10(3)11(12)13;1-9(2)13-6-4-11(5-7-13)10(12)3-8-14-11/h3*10-11H,5-9,14H2,1-4H3;11H,4-10,14H2,1-3H3;2*9-11H,4-8,13H2,1-3H3;9-10H,3-8,12H2,1-2H3/t10-,11+;3*11-;10-,11+;10-,11-;10-/m1101011/s1. The molecule has 14 rings (SSSR count). The molecule has 13 saturated heterocycles. The molecule has 0 aromatic carbocycles. The fourth-order valence-corrected chi connectivity index (χ4v) is 21.3. The Morgan fingerprint density at radius 3 is 0.776 bits per heavy atom. The molecule has 20 heteroatoms. The SMILES string of the molecule is CC(C)(C)N1CCC2(CCC[C@H]2N)CC1.CC(C)N1CCC2(CC1)CO[C@@H](C)[C@H]2N.CC(C)N1CCC2(CC1)CO[C@H](C)[C@H]2N.CC(C)N1CCC2(CC1)OCC(C)(C)[C@@H]2N.CC(C)N1CCC2(CC1)OCC(C)(C)[C@H]2N.CC(C)N1CCC2(CC1)OCC[C@H]2N.C[C@H]1OCC2(CCN(C(C)(C)C)CC2)[C@H]1N. The lowest BCUT2D eigenvalue weighted by Gasteiger charge is -2.47. The zero-order valence-corrected chi connectivity index (χ0v) is 73.7. The van der Waals surface area contributed by atoms with Gasteiger partial charge >= 0.3 is 0 Å². The Hall–Kier alpha value is -0.800. The average Bonchev–Trinajstić information content (AvgIpc) is 1.63. The van der Waals surface area contributed by atoms with Crippen molar-refractivity contribution in [2.75, 3.05) is 131 Å². The van der Waals surface area contributed by atoms with E-state index in [9.17, 15) is 0 Å². The predicted octanol–water partition coefficient (Wildman–Crippen LogP) is 10.6. The molecule has 20 nitrogen and oxygen atoms in total. The quantitative estimate of drug-likeness (QED) is 0.135. The van der Waals surface area contributed by atoms with Crippen LogP contribution in [0.4, 0.5) is 0 Å². The van der Waals surface area contributed by atoms with Crippen LogP contribution in [0.2, 0.25) is 0 Å². The third kappa shape index (κ3) is 21.7. The Bertz CT molecular complexity index is 2510. The van der Waals surface area contributed by atoms with Gasteiger partial charge in [-0.15, -0.1) is 0 Å². The molecule has 13 heterocycles. The van der Waals surface area contributed by atoms with Gasteiger partial charge in [0.2, 0.25) is 0 Å². The van der Waals surface area contributed by atoms with E-state index in [-0.39, 0.29) is 104 Å². The molecular weight excluding hydrogens is 1340 g/mol. The topological polar surface area (TPSA) is 260 Å². The maximum Gasteiger partial charge on any atom is 0.0863 e. The van der Waals surface area contributed by atoms with Crippen LogP contribution in [0.15, 0.2) is 0 Å². The second kappa shape index (κ2) is 37.2. The van der Waals surface area contributed by atoms with E-state index in [2.05, 4.69) is 194 Å². The van der Waals surface area contributed by atoms with Gasteiger partial charge in [0.05, 0.1) is 68.1 Å². The predicted molar refractivity (Wildman–Crippen MR) is 445 cm³/mol. The third-order valence-corrected chi connectivity index (χ3v) is 30.9. The molecule has 14 fully saturated rings. The van der Waals surface area contributed by atoms with Crippen molar-refractivity contribution < 1.29 is 28.4 Å². The molecule has 14 N–H and O–H groups in total. The summed E-state index contributed by atoms with van der Waals surface area (Å²) < 4.78 is 35.2. The molecule has 0 bridgehead atoms. The Kier molecular flexibility index (Phi) is 31.9. The number of nitrogens with zero attached hydrogens (tertiary/aromatic N) is 7. The third-order valence-electron chi connectivity index (χ3n) is 30.9. The fraction of sp³-hybridized carbons (Fsp3) is 1.00. The van der Waals surface area contributed by atoms with Crippen molar-refractivity contribution in [3.63, 3.8) is 0 Å². The summed E-state index contributed by atoms with van der Waals surface area (Å²) in [5.74, 6) is 0. The summed E-state index contributed by atoms with van der Waals surface area (Å²) in [6, 6.07) is 5.13. The van der Waals surface area contributed by atoms with Crippen LogP contribution < -0.4 is 40.1 Å². The van der Waals surface area contributed by atoms with Crippen molar-refractivity contribution in [3.05, 3.63) is 0 Å². The highest BCUT2D eigenvalue weighted by atomic mass is 16.5. The van der Waals surface area contributed by atoms with Crippen molar-refractivity contribution in [2.45, 2.75) is 394 Å². The van der Waals surface area contributed by atoms with E-state index in [4.69, 9.17) is 68.6 Å². The molecule has 1 aliphatic carbocycles. The minimum atomic E-state index is -0.0328. The van der Waals surface area contributed by atoms with E-state index < -0.39 is 0 Å². The van der Waals surface area contributed by atoms with Gasteiger partial charge < -0.3 is 93.1 Å². The Labute approximate surface area is 656 Å². The summed E-state index contributed by atoms with van der Waals surface area (Å²) in [5, 5.41) is 0. The molecule has 0 radical (unpaired) electrons. The van der Waals surface area contributed by atoms with Crippen LogP contribution in [0.5, 0.6) is 0 Å². The largest absolute Gasteiger partial charge is 0.376 e. The number of likely N-dealkylation sites (tertiary alicyclic amines) is 7.